The number of aryl methyl sites for hydroxylation is 1. The van der Waals surface area contributed by atoms with Gasteiger partial charge in [-0.05, 0) is 44.7 Å². The van der Waals surface area contributed by atoms with E-state index in [0.29, 0.717) is 11.7 Å². The number of rotatable bonds is 3. The maximum Gasteiger partial charge on any atom is 0.324 e. The molecular formula is C13H17N3O. The molecule has 4 nitrogen and oxygen atoms in total. The molecule has 0 unspecified atom stereocenters. The summed E-state index contributed by atoms with van der Waals surface area (Å²) in [5, 5.41) is 5.41. The summed E-state index contributed by atoms with van der Waals surface area (Å²) in [5.74, 6) is 1.24. The number of pyridine rings is 1. The highest BCUT2D eigenvalue weighted by atomic mass is 16.2. The monoisotopic (exact) mass is 231 g/mol. The molecule has 0 aromatic carbocycles. The number of urea groups is 1. The molecule has 4 heteroatoms. The highest BCUT2D eigenvalue weighted by Crippen LogP contribution is 2.35. The van der Waals surface area contributed by atoms with Crippen LogP contribution in [0, 0.1) is 12.8 Å². The molecule has 0 radical (unpaired) electrons. The van der Waals surface area contributed by atoms with Crippen LogP contribution in [0.25, 0.3) is 0 Å². The minimum atomic E-state index is -0.247. The van der Waals surface area contributed by atoms with Crippen molar-refractivity contribution < 1.29 is 4.79 Å². The van der Waals surface area contributed by atoms with Gasteiger partial charge in [0.1, 0.15) is 5.82 Å². The van der Waals surface area contributed by atoms with E-state index in [4.69, 9.17) is 0 Å². The van der Waals surface area contributed by atoms with Gasteiger partial charge in [0, 0.05) is 11.9 Å². The Bertz CT molecular complexity index is 450. The van der Waals surface area contributed by atoms with E-state index in [-0.39, 0.29) is 6.03 Å². The first-order chi connectivity index (χ1) is 8.15. The average Bonchev–Trinajstić information content (AvgIpc) is 3.09. The molecular weight excluding hydrogens is 214 g/mol. The standard InChI is InChI=1S/C13H17N3O/c1-9(11-6-7-11)8-14-13(17)16-12-5-3-4-10(2)15-12/h3-5,8,11H,6-7H2,1-2H3,(H2,14,15,16,17)/b9-8+. The van der Waals surface area contributed by atoms with Crippen LogP contribution in [0.4, 0.5) is 10.6 Å². The van der Waals surface area contributed by atoms with E-state index < -0.39 is 0 Å². The Morgan fingerprint density at radius 1 is 1.47 bits per heavy atom. The zero-order chi connectivity index (χ0) is 12.3. The van der Waals surface area contributed by atoms with Gasteiger partial charge in [-0.15, -0.1) is 0 Å². The van der Waals surface area contributed by atoms with Crippen molar-refractivity contribution in [2.45, 2.75) is 26.7 Å². The first-order valence-corrected chi connectivity index (χ1v) is 5.83. The fraction of sp³-hybridized carbons (Fsp3) is 0.385. The number of carbonyl (C=O) groups excluding carboxylic acids is 1. The lowest BCUT2D eigenvalue weighted by molar-refractivity contribution is 0.255. The Morgan fingerprint density at radius 3 is 2.88 bits per heavy atom. The second-order valence-electron chi connectivity index (χ2n) is 4.43. The van der Waals surface area contributed by atoms with Gasteiger partial charge >= 0.3 is 6.03 Å². The van der Waals surface area contributed by atoms with Crippen molar-refractivity contribution in [2.24, 2.45) is 5.92 Å². The topological polar surface area (TPSA) is 54.0 Å². The van der Waals surface area contributed by atoms with E-state index >= 15 is 0 Å². The summed E-state index contributed by atoms with van der Waals surface area (Å²) in [5.41, 5.74) is 2.12. The van der Waals surface area contributed by atoms with Gasteiger partial charge in [0.05, 0.1) is 0 Å². The number of aromatic nitrogens is 1. The van der Waals surface area contributed by atoms with Gasteiger partial charge in [0.25, 0.3) is 0 Å². The number of hydrogen-bond donors (Lipinski definition) is 2. The lowest BCUT2D eigenvalue weighted by atomic mass is 10.2. The molecule has 1 aromatic rings. The van der Waals surface area contributed by atoms with Crippen LogP contribution < -0.4 is 10.6 Å². The molecule has 1 saturated carbocycles. The predicted octanol–water partition coefficient (Wildman–Crippen LogP) is 2.83. The highest BCUT2D eigenvalue weighted by Gasteiger charge is 2.22. The predicted molar refractivity (Wildman–Crippen MR) is 67.6 cm³/mol. The molecule has 2 amide bonds. The molecule has 0 saturated heterocycles. The Kier molecular flexibility index (Phi) is 3.42. The average molecular weight is 231 g/mol. The third kappa shape index (κ3) is 3.59. The van der Waals surface area contributed by atoms with E-state index in [1.54, 1.807) is 12.3 Å². The quantitative estimate of drug-likeness (QED) is 0.840. The van der Waals surface area contributed by atoms with Crippen LogP contribution >= 0.6 is 0 Å². The van der Waals surface area contributed by atoms with Gasteiger partial charge in [0.2, 0.25) is 0 Å². The van der Waals surface area contributed by atoms with Crippen LogP contribution in [0.5, 0.6) is 0 Å². The van der Waals surface area contributed by atoms with Crippen LogP contribution in [0.15, 0.2) is 30.0 Å². The van der Waals surface area contributed by atoms with Crippen LogP contribution in [0.3, 0.4) is 0 Å². The largest absolute Gasteiger partial charge is 0.324 e. The van der Waals surface area contributed by atoms with Gasteiger partial charge in [0.15, 0.2) is 0 Å². The first-order valence-electron chi connectivity index (χ1n) is 5.83. The molecule has 1 aliphatic rings. The zero-order valence-electron chi connectivity index (χ0n) is 10.2. The summed E-state index contributed by atoms with van der Waals surface area (Å²) < 4.78 is 0. The highest BCUT2D eigenvalue weighted by molar-refractivity contribution is 5.88. The first kappa shape index (κ1) is 11.6. The molecule has 1 heterocycles. The second kappa shape index (κ2) is 4.99. The summed E-state index contributed by atoms with van der Waals surface area (Å²) >= 11 is 0. The van der Waals surface area contributed by atoms with Crippen molar-refractivity contribution >= 4 is 11.8 Å². The van der Waals surface area contributed by atoms with Crippen LogP contribution in [-0.2, 0) is 0 Å². The van der Waals surface area contributed by atoms with Crippen molar-refractivity contribution in [2.75, 3.05) is 5.32 Å². The Balaban J connectivity index is 1.86. The number of hydrogen-bond acceptors (Lipinski definition) is 2. The van der Waals surface area contributed by atoms with Crippen molar-refractivity contribution in [1.29, 1.82) is 0 Å². The number of nitrogens with one attached hydrogen (secondary N) is 2. The molecule has 1 aromatic heterocycles. The Hall–Kier alpha value is -1.84. The van der Waals surface area contributed by atoms with Crippen molar-refractivity contribution in [1.82, 2.24) is 10.3 Å². The van der Waals surface area contributed by atoms with Gasteiger partial charge in [-0.3, -0.25) is 5.32 Å². The van der Waals surface area contributed by atoms with Gasteiger partial charge < -0.3 is 5.32 Å². The van der Waals surface area contributed by atoms with Crippen molar-refractivity contribution in [3.63, 3.8) is 0 Å². The molecule has 90 valence electrons. The zero-order valence-corrected chi connectivity index (χ0v) is 10.2. The summed E-state index contributed by atoms with van der Waals surface area (Å²) in [7, 11) is 0. The fourth-order valence-electron chi connectivity index (χ4n) is 1.60. The van der Waals surface area contributed by atoms with Crippen molar-refractivity contribution in [3.8, 4) is 0 Å². The van der Waals surface area contributed by atoms with Crippen molar-refractivity contribution in [3.05, 3.63) is 35.7 Å². The maximum atomic E-state index is 11.6. The lowest BCUT2D eigenvalue weighted by Gasteiger charge is -2.05. The fourth-order valence-corrected chi connectivity index (χ4v) is 1.60. The third-order valence-electron chi connectivity index (χ3n) is 2.78. The molecule has 1 aliphatic carbocycles. The van der Waals surface area contributed by atoms with E-state index in [0.717, 1.165) is 5.69 Å². The third-order valence-corrected chi connectivity index (χ3v) is 2.78. The molecule has 0 spiro atoms. The minimum absolute atomic E-state index is 0.247. The van der Waals surface area contributed by atoms with Crippen LogP contribution in [0.2, 0.25) is 0 Å². The molecule has 0 bridgehead atoms. The van der Waals surface area contributed by atoms with E-state index in [2.05, 4.69) is 15.6 Å². The number of allylic oxidation sites excluding steroid dienone is 1. The molecule has 0 aliphatic heterocycles. The molecule has 2 rings (SSSR count). The Morgan fingerprint density at radius 2 is 2.24 bits per heavy atom. The minimum Gasteiger partial charge on any atom is -0.314 e. The molecule has 2 N–H and O–H groups in total. The number of amides is 2. The second-order valence-corrected chi connectivity index (χ2v) is 4.43. The van der Waals surface area contributed by atoms with Gasteiger partial charge in [-0.25, -0.2) is 9.78 Å². The van der Waals surface area contributed by atoms with Gasteiger partial charge in [-0.1, -0.05) is 11.6 Å². The van der Waals surface area contributed by atoms with E-state index in [1.165, 1.54) is 18.4 Å². The van der Waals surface area contributed by atoms with E-state index in [1.807, 2.05) is 26.0 Å². The number of anilines is 1. The Labute approximate surface area is 101 Å². The van der Waals surface area contributed by atoms with Gasteiger partial charge in [-0.2, -0.15) is 0 Å². The number of carbonyl (C=O) groups is 1. The molecule has 1 fully saturated rings. The lowest BCUT2D eigenvalue weighted by Crippen LogP contribution is -2.24. The van der Waals surface area contributed by atoms with Crippen LogP contribution in [-0.4, -0.2) is 11.0 Å². The summed E-state index contributed by atoms with van der Waals surface area (Å²) in [6, 6.07) is 5.27. The molecule has 17 heavy (non-hydrogen) atoms. The summed E-state index contributed by atoms with van der Waals surface area (Å²) in [4.78, 5) is 15.8. The summed E-state index contributed by atoms with van der Waals surface area (Å²) in [6.07, 6.45) is 4.26. The smallest absolute Gasteiger partial charge is 0.314 e. The summed E-state index contributed by atoms with van der Waals surface area (Å²) in [6.45, 7) is 3.93. The number of nitrogens with zero attached hydrogens (tertiary/aromatic N) is 1. The van der Waals surface area contributed by atoms with Crippen LogP contribution in [0.1, 0.15) is 25.5 Å². The maximum absolute atomic E-state index is 11.6. The normalized spacial score (nSPS) is 15.5. The molecule has 0 atom stereocenters. The van der Waals surface area contributed by atoms with E-state index in [9.17, 15) is 4.79 Å². The SMILES string of the molecule is C/C(=C\NC(=O)Nc1cccc(C)n1)C1CC1.